The average molecular weight is 447 g/mol. The first-order valence-electron chi connectivity index (χ1n) is 11.6. The molecule has 2 atom stereocenters. The monoisotopic (exact) mass is 446 g/mol. The fraction of sp³-hybridized carbons (Fsp3) is 0.458. The van der Waals surface area contributed by atoms with Crippen molar-refractivity contribution in [2.24, 2.45) is 5.73 Å². The van der Waals surface area contributed by atoms with Crippen molar-refractivity contribution < 1.29 is 4.79 Å². The van der Waals surface area contributed by atoms with Gasteiger partial charge in [-0.25, -0.2) is 9.97 Å². The van der Waals surface area contributed by atoms with Crippen molar-refractivity contribution in [2.45, 2.75) is 72.3 Å². The minimum atomic E-state index is -0.0689. The summed E-state index contributed by atoms with van der Waals surface area (Å²) in [5.41, 5.74) is 9.12. The molecular weight excluding hydrogens is 416 g/mol. The predicted molar refractivity (Wildman–Crippen MR) is 127 cm³/mol. The molecule has 5 rings (SSSR count). The number of rotatable bonds is 5. The van der Waals surface area contributed by atoms with Crippen LogP contribution in [0.3, 0.4) is 0 Å². The molecule has 0 unspecified atom stereocenters. The van der Waals surface area contributed by atoms with Gasteiger partial charge < -0.3 is 15.2 Å². The second kappa shape index (κ2) is 8.22. The highest BCUT2D eigenvalue weighted by Crippen LogP contribution is 2.35. The Kier molecular flexibility index (Phi) is 5.36. The molecule has 5 heterocycles. The number of hydrogen-bond acceptors (Lipinski definition) is 7. The Morgan fingerprint density at radius 3 is 2.55 bits per heavy atom. The number of nitrogens with zero attached hydrogens (tertiary/aromatic N) is 7. The number of carbonyl (C=O) groups excluding carboxylic acids is 1. The van der Waals surface area contributed by atoms with E-state index < -0.39 is 0 Å². The number of aryl methyl sites for hydroxylation is 1. The van der Waals surface area contributed by atoms with Gasteiger partial charge in [0.2, 0.25) is 0 Å². The number of anilines is 2. The molecule has 2 N–H and O–H groups in total. The zero-order valence-electron chi connectivity index (χ0n) is 19.6. The van der Waals surface area contributed by atoms with Crippen molar-refractivity contribution in [1.82, 2.24) is 24.7 Å². The molecule has 9 heteroatoms. The van der Waals surface area contributed by atoms with E-state index in [-0.39, 0.29) is 5.91 Å². The molecule has 1 saturated heterocycles. The number of hydrogen-bond donors (Lipinski definition) is 1. The highest BCUT2D eigenvalue weighted by molar-refractivity contribution is 6.10. The average Bonchev–Trinajstić information content (AvgIpc) is 3.47. The van der Waals surface area contributed by atoms with Gasteiger partial charge in [-0.3, -0.25) is 9.69 Å². The molecule has 1 amide bonds. The first-order valence-corrected chi connectivity index (χ1v) is 11.6. The summed E-state index contributed by atoms with van der Waals surface area (Å²) >= 11 is 0. The lowest BCUT2D eigenvalue weighted by atomic mass is 10.1. The summed E-state index contributed by atoms with van der Waals surface area (Å²) < 4.78 is 2.01. The highest BCUT2D eigenvalue weighted by atomic mass is 16.2. The molecule has 33 heavy (non-hydrogen) atoms. The van der Waals surface area contributed by atoms with Crippen LogP contribution in [0.4, 0.5) is 11.6 Å². The van der Waals surface area contributed by atoms with Crippen LogP contribution in [0, 0.1) is 6.92 Å². The summed E-state index contributed by atoms with van der Waals surface area (Å²) in [7, 11) is 0. The van der Waals surface area contributed by atoms with Gasteiger partial charge in [-0.2, -0.15) is 0 Å². The third-order valence-electron chi connectivity index (χ3n) is 6.89. The Morgan fingerprint density at radius 1 is 1.09 bits per heavy atom. The van der Waals surface area contributed by atoms with Crippen LogP contribution in [0.2, 0.25) is 0 Å². The first-order chi connectivity index (χ1) is 15.9. The molecule has 0 radical (unpaired) electrons. The smallest absolute Gasteiger partial charge is 0.260 e. The highest BCUT2D eigenvalue weighted by Gasteiger charge is 2.35. The topological polar surface area (TPSA) is 106 Å². The van der Waals surface area contributed by atoms with Gasteiger partial charge in [-0.15, -0.1) is 10.2 Å². The van der Waals surface area contributed by atoms with Crippen molar-refractivity contribution in [1.29, 1.82) is 0 Å². The summed E-state index contributed by atoms with van der Waals surface area (Å²) in [6.07, 6.45) is 2.24. The number of amides is 1. The van der Waals surface area contributed by atoms with Crippen molar-refractivity contribution in [3.63, 3.8) is 0 Å². The van der Waals surface area contributed by atoms with Crippen LogP contribution in [0.1, 0.15) is 61.1 Å². The van der Waals surface area contributed by atoms with Crippen LogP contribution < -0.4 is 15.5 Å². The van der Waals surface area contributed by atoms with E-state index in [2.05, 4.69) is 28.9 Å². The molecule has 0 spiro atoms. The molecular formula is C24H30N8O. The predicted octanol–water partition coefficient (Wildman–Crippen LogP) is 3.06. The fourth-order valence-electron chi connectivity index (χ4n) is 5.13. The van der Waals surface area contributed by atoms with Gasteiger partial charge in [0.05, 0.1) is 17.8 Å². The molecule has 9 nitrogen and oxygen atoms in total. The first kappa shape index (κ1) is 21.5. The maximum absolute atomic E-state index is 13.5. The number of carbonyl (C=O) groups is 1. The summed E-state index contributed by atoms with van der Waals surface area (Å²) in [4.78, 5) is 27.2. The molecule has 2 aliphatic heterocycles. The Balaban J connectivity index is 1.52. The molecule has 0 bridgehead atoms. The number of nitrogens with two attached hydrogens (primary N) is 1. The van der Waals surface area contributed by atoms with Crippen molar-refractivity contribution >= 4 is 17.5 Å². The van der Waals surface area contributed by atoms with Crippen LogP contribution in [0.25, 0.3) is 11.5 Å². The number of aromatic nitrogens is 5. The van der Waals surface area contributed by atoms with E-state index in [1.807, 2.05) is 42.7 Å². The van der Waals surface area contributed by atoms with Crippen molar-refractivity contribution in [2.75, 3.05) is 9.80 Å². The van der Waals surface area contributed by atoms with E-state index in [9.17, 15) is 4.79 Å². The van der Waals surface area contributed by atoms with Crippen molar-refractivity contribution in [3.05, 3.63) is 46.9 Å². The minimum Gasteiger partial charge on any atom is -0.351 e. The third-order valence-corrected chi connectivity index (χ3v) is 6.89. The van der Waals surface area contributed by atoms with E-state index in [1.54, 1.807) is 4.90 Å². The van der Waals surface area contributed by atoms with Gasteiger partial charge in [0.1, 0.15) is 23.2 Å². The molecule has 2 aliphatic rings. The number of pyridine rings is 2. The zero-order valence-corrected chi connectivity index (χ0v) is 19.6. The fourth-order valence-corrected chi connectivity index (χ4v) is 5.13. The van der Waals surface area contributed by atoms with Gasteiger partial charge in [0.15, 0.2) is 5.82 Å². The van der Waals surface area contributed by atoms with Gasteiger partial charge in [0, 0.05) is 30.7 Å². The van der Waals surface area contributed by atoms with Gasteiger partial charge in [-0.1, -0.05) is 6.07 Å². The quantitative estimate of drug-likeness (QED) is 0.642. The lowest BCUT2D eigenvalue weighted by molar-refractivity contribution is 0.0996. The van der Waals surface area contributed by atoms with Crippen LogP contribution in [0.5, 0.6) is 0 Å². The Morgan fingerprint density at radius 2 is 1.85 bits per heavy atom. The van der Waals surface area contributed by atoms with Crippen molar-refractivity contribution in [3.8, 4) is 11.5 Å². The van der Waals surface area contributed by atoms with E-state index in [4.69, 9.17) is 15.7 Å². The molecule has 0 aliphatic carbocycles. The molecule has 0 saturated carbocycles. The second-order valence-electron chi connectivity index (χ2n) is 8.93. The normalized spacial score (nSPS) is 20.1. The molecule has 1 fully saturated rings. The SMILES string of the molecule is CCn1c(C)nnc1-c1cccc(N2Cc3c(cc(N4[C@H](C)CC[C@H]4C)nc3CN)C2=O)n1. The Hall–Kier alpha value is -3.33. The van der Waals surface area contributed by atoms with Crippen LogP contribution in [-0.4, -0.2) is 42.7 Å². The van der Waals surface area contributed by atoms with Crippen LogP contribution in [-0.2, 0) is 19.6 Å². The van der Waals surface area contributed by atoms with Gasteiger partial charge in [-0.05, 0) is 58.7 Å². The lowest BCUT2D eigenvalue weighted by Crippen LogP contribution is -2.33. The van der Waals surface area contributed by atoms with Crippen LogP contribution in [0.15, 0.2) is 24.3 Å². The van der Waals surface area contributed by atoms with E-state index >= 15 is 0 Å². The van der Waals surface area contributed by atoms with E-state index in [0.29, 0.717) is 48.1 Å². The molecule has 0 aromatic carbocycles. The zero-order chi connectivity index (χ0) is 23.3. The Bertz CT molecular complexity index is 1210. The maximum Gasteiger partial charge on any atom is 0.260 e. The third kappa shape index (κ3) is 3.47. The van der Waals surface area contributed by atoms with Crippen LogP contribution >= 0.6 is 0 Å². The minimum absolute atomic E-state index is 0.0689. The summed E-state index contributed by atoms with van der Waals surface area (Å²) in [6.45, 7) is 9.84. The standard InChI is InChI=1S/C24H30N8O/c1-5-30-16(4)28-29-23(30)19-7-6-8-21(26-19)31-13-18-17(24(31)33)11-22(27-20(18)12-25)32-14(2)9-10-15(32)3/h6-8,11,14-15H,5,9-10,12-13,25H2,1-4H3/t14-,15-/m1/s1. The lowest BCUT2D eigenvalue weighted by Gasteiger charge is -2.28. The molecule has 3 aromatic heterocycles. The van der Waals surface area contributed by atoms with Gasteiger partial charge in [0.25, 0.3) is 5.91 Å². The Labute approximate surface area is 193 Å². The molecule has 172 valence electrons. The largest absolute Gasteiger partial charge is 0.351 e. The second-order valence-corrected chi connectivity index (χ2v) is 8.93. The number of fused-ring (bicyclic) bond motifs is 1. The maximum atomic E-state index is 13.5. The summed E-state index contributed by atoms with van der Waals surface area (Å²) in [6, 6.07) is 8.37. The van der Waals surface area contributed by atoms with E-state index in [1.165, 1.54) is 0 Å². The van der Waals surface area contributed by atoms with E-state index in [0.717, 1.165) is 42.3 Å². The van der Waals surface area contributed by atoms with Gasteiger partial charge >= 0.3 is 0 Å². The molecule has 3 aromatic rings. The summed E-state index contributed by atoms with van der Waals surface area (Å²) in [5, 5.41) is 8.48. The summed E-state index contributed by atoms with van der Waals surface area (Å²) in [5.74, 6) is 2.89.